The van der Waals surface area contributed by atoms with Gasteiger partial charge in [-0.25, -0.2) is 0 Å². The van der Waals surface area contributed by atoms with E-state index in [9.17, 15) is 4.79 Å². The Balaban J connectivity index is 1.44. The van der Waals surface area contributed by atoms with E-state index in [2.05, 4.69) is 20.4 Å². The van der Waals surface area contributed by atoms with E-state index in [1.807, 2.05) is 46.4 Å². The maximum absolute atomic E-state index is 12.7. The van der Waals surface area contributed by atoms with Crippen molar-refractivity contribution in [2.24, 2.45) is 7.05 Å². The van der Waals surface area contributed by atoms with Gasteiger partial charge >= 0.3 is 0 Å². The molecular formula is C18H24N8O. The minimum absolute atomic E-state index is 0.102. The zero-order valence-corrected chi connectivity index (χ0v) is 15.7. The minimum Gasteiger partial charge on any atom is -0.340 e. The molecule has 0 aromatic carbocycles. The van der Waals surface area contributed by atoms with Crippen LogP contribution in [0.2, 0.25) is 0 Å². The molecule has 0 bridgehead atoms. The highest BCUT2D eigenvalue weighted by Gasteiger charge is 2.28. The summed E-state index contributed by atoms with van der Waals surface area (Å²) < 4.78 is 5.62. The third-order valence-electron chi connectivity index (χ3n) is 5.21. The van der Waals surface area contributed by atoms with E-state index >= 15 is 0 Å². The Kier molecular flexibility index (Phi) is 4.74. The van der Waals surface area contributed by atoms with Crippen LogP contribution in [0.4, 0.5) is 0 Å². The third-order valence-corrected chi connectivity index (χ3v) is 5.21. The fraction of sp³-hybridized carbons (Fsp3) is 0.500. The number of carbonyl (C=O) groups is 1. The van der Waals surface area contributed by atoms with Crippen molar-refractivity contribution in [1.29, 1.82) is 0 Å². The zero-order valence-electron chi connectivity index (χ0n) is 15.7. The van der Waals surface area contributed by atoms with Crippen molar-refractivity contribution in [2.45, 2.75) is 38.8 Å². The van der Waals surface area contributed by atoms with Gasteiger partial charge in [0.1, 0.15) is 18.9 Å². The molecule has 0 aliphatic carbocycles. The molecule has 9 heteroatoms. The van der Waals surface area contributed by atoms with Gasteiger partial charge in [0.25, 0.3) is 0 Å². The molecule has 0 radical (unpaired) electrons. The molecule has 142 valence electrons. The van der Waals surface area contributed by atoms with Gasteiger partial charge in [-0.1, -0.05) is 0 Å². The number of aryl methyl sites for hydroxylation is 1. The van der Waals surface area contributed by atoms with Crippen LogP contribution in [0, 0.1) is 6.92 Å². The maximum atomic E-state index is 12.7. The number of amides is 1. The predicted octanol–water partition coefficient (Wildman–Crippen LogP) is 0.971. The SMILES string of the molecule is Cc1ccnn1CC(=O)N1CCCC(c2nnc(Cn3cccn3)n2C)C1. The lowest BCUT2D eigenvalue weighted by Gasteiger charge is -2.32. The summed E-state index contributed by atoms with van der Waals surface area (Å²) in [5.74, 6) is 2.10. The highest BCUT2D eigenvalue weighted by Crippen LogP contribution is 2.26. The Labute approximate surface area is 157 Å². The molecule has 1 aliphatic rings. The van der Waals surface area contributed by atoms with Crippen molar-refractivity contribution in [2.75, 3.05) is 13.1 Å². The number of piperidine rings is 1. The summed E-state index contributed by atoms with van der Waals surface area (Å²) in [5.41, 5.74) is 0.994. The first-order chi connectivity index (χ1) is 13.1. The molecule has 1 unspecified atom stereocenters. The standard InChI is InChI=1S/C18H24N8O/c1-14-6-8-20-26(14)13-17(27)24-9-3-5-15(11-24)18-22-21-16(23(18)2)12-25-10-4-7-19-25/h4,6-8,10,15H,3,5,9,11-13H2,1-2H3. The van der Waals surface area contributed by atoms with Gasteiger partial charge in [0.05, 0.1) is 0 Å². The van der Waals surface area contributed by atoms with Gasteiger partial charge in [0.2, 0.25) is 5.91 Å². The number of aromatic nitrogens is 7. The molecule has 1 fully saturated rings. The molecule has 0 spiro atoms. The lowest BCUT2D eigenvalue weighted by atomic mass is 9.97. The van der Waals surface area contributed by atoms with Crippen LogP contribution in [0.1, 0.15) is 36.1 Å². The molecule has 0 N–H and O–H groups in total. The summed E-state index contributed by atoms with van der Waals surface area (Å²) in [6, 6.07) is 3.80. The average Bonchev–Trinajstić information content (AvgIpc) is 3.40. The van der Waals surface area contributed by atoms with Crippen molar-refractivity contribution >= 4 is 5.91 Å². The van der Waals surface area contributed by atoms with E-state index in [1.165, 1.54) is 0 Å². The Morgan fingerprint density at radius 2 is 2.15 bits per heavy atom. The second-order valence-corrected chi connectivity index (χ2v) is 7.05. The number of likely N-dealkylation sites (tertiary alicyclic amines) is 1. The Hall–Kier alpha value is -2.97. The fourth-order valence-corrected chi connectivity index (χ4v) is 3.61. The number of carbonyl (C=O) groups excluding carboxylic acids is 1. The molecule has 4 heterocycles. The van der Waals surface area contributed by atoms with Crippen LogP contribution in [0.15, 0.2) is 30.7 Å². The zero-order chi connectivity index (χ0) is 18.8. The summed E-state index contributed by atoms with van der Waals surface area (Å²) in [4.78, 5) is 14.6. The Bertz CT molecular complexity index is 910. The maximum Gasteiger partial charge on any atom is 0.244 e. The van der Waals surface area contributed by atoms with Gasteiger partial charge in [0, 0.05) is 50.3 Å². The van der Waals surface area contributed by atoms with Crippen LogP contribution in [-0.4, -0.2) is 58.2 Å². The van der Waals surface area contributed by atoms with E-state index in [0.717, 1.165) is 36.7 Å². The fourth-order valence-electron chi connectivity index (χ4n) is 3.61. The highest BCUT2D eigenvalue weighted by atomic mass is 16.2. The molecule has 1 amide bonds. The molecule has 1 saturated heterocycles. The van der Waals surface area contributed by atoms with Crippen LogP contribution in [-0.2, 0) is 24.9 Å². The molecule has 3 aromatic heterocycles. The quantitative estimate of drug-likeness (QED) is 0.670. The number of hydrogen-bond acceptors (Lipinski definition) is 5. The molecule has 1 aliphatic heterocycles. The van der Waals surface area contributed by atoms with Crippen molar-refractivity contribution in [3.63, 3.8) is 0 Å². The largest absolute Gasteiger partial charge is 0.340 e. The first-order valence-corrected chi connectivity index (χ1v) is 9.23. The van der Waals surface area contributed by atoms with Crippen molar-refractivity contribution < 1.29 is 4.79 Å². The summed E-state index contributed by atoms with van der Waals surface area (Å²) in [7, 11) is 1.99. The van der Waals surface area contributed by atoms with Gasteiger partial charge in [-0.3, -0.25) is 14.2 Å². The number of rotatable bonds is 5. The summed E-state index contributed by atoms with van der Waals surface area (Å²) in [6.07, 6.45) is 7.37. The van der Waals surface area contributed by atoms with Gasteiger partial charge in [0.15, 0.2) is 5.82 Å². The average molecular weight is 368 g/mol. The van der Waals surface area contributed by atoms with Gasteiger partial charge < -0.3 is 9.47 Å². The second-order valence-electron chi connectivity index (χ2n) is 7.05. The third kappa shape index (κ3) is 3.62. The molecule has 3 aromatic rings. The van der Waals surface area contributed by atoms with Crippen molar-refractivity contribution in [3.8, 4) is 0 Å². The minimum atomic E-state index is 0.102. The molecule has 4 rings (SSSR count). The predicted molar refractivity (Wildman–Crippen MR) is 97.9 cm³/mol. The molecule has 27 heavy (non-hydrogen) atoms. The van der Waals surface area contributed by atoms with Crippen LogP contribution in [0.3, 0.4) is 0 Å². The first-order valence-electron chi connectivity index (χ1n) is 9.23. The van der Waals surface area contributed by atoms with Gasteiger partial charge in [-0.05, 0) is 31.9 Å². The monoisotopic (exact) mass is 368 g/mol. The van der Waals surface area contributed by atoms with Crippen LogP contribution >= 0.6 is 0 Å². The lowest BCUT2D eigenvalue weighted by Crippen LogP contribution is -2.41. The van der Waals surface area contributed by atoms with Crippen LogP contribution in [0.25, 0.3) is 0 Å². The van der Waals surface area contributed by atoms with Gasteiger partial charge in [-0.15, -0.1) is 10.2 Å². The van der Waals surface area contributed by atoms with Crippen molar-refractivity contribution in [3.05, 3.63) is 48.1 Å². The Morgan fingerprint density at radius 3 is 2.89 bits per heavy atom. The lowest BCUT2D eigenvalue weighted by molar-refractivity contribution is -0.133. The van der Waals surface area contributed by atoms with Gasteiger partial charge in [-0.2, -0.15) is 10.2 Å². The van der Waals surface area contributed by atoms with Crippen LogP contribution < -0.4 is 0 Å². The van der Waals surface area contributed by atoms with Crippen molar-refractivity contribution in [1.82, 2.24) is 39.2 Å². The molecule has 0 saturated carbocycles. The van der Waals surface area contributed by atoms with E-state index in [0.29, 0.717) is 13.1 Å². The Morgan fingerprint density at radius 1 is 1.26 bits per heavy atom. The van der Waals surface area contributed by atoms with Crippen LogP contribution in [0.5, 0.6) is 0 Å². The van der Waals surface area contributed by atoms with E-state index in [-0.39, 0.29) is 18.4 Å². The summed E-state index contributed by atoms with van der Waals surface area (Å²) in [5, 5.41) is 17.2. The van der Waals surface area contributed by atoms with E-state index in [4.69, 9.17) is 0 Å². The topological polar surface area (TPSA) is 86.7 Å². The normalized spacial score (nSPS) is 17.4. The first kappa shape index (κ1) is 17.4. The van der Waals surface area contributed by atoms with E-state index in [1.54, 1.807) is 17.1 Å². The summed E-state index contributed by atoms with van der Waals surface area (Å²) >= 11 is 0. The second kappa shape index (κ2) is 7.34. The molecular weight excluding hydrogens is 344 g/mol. The molecule has 1 atom stereocenters. The summed E-state index contributed by atoms with van der Waals surface area (Å²) in [6.45, 7) is 4.29. The molecule has 9 nitrogen and oxygen atoms in total. The number of hydrogen-bond donors (Lipinski definition) is 0. The van der Waals surface area contributed by atoms with E-state index < -0.39 is 0 Å². The highest BCUT2D eigenvalue weighted by molar-refractivity contribution is 5.76. The number of nitrogens with zero attached hydrogens (tertiary/aromatic N) is 8. The smallest absolute Gasteiger partial charge is 0.244 e.